The van der Waals surface area contributed by atoms with Gasteiger partial charge in [-0.3, -0.25) is 0 Å². The molecule has 0 amide bonds. The normalized spacial score (nSPS) is 18.1. The number of fused-ring (bicyclic) bond motifs is 1. The zero-order chi connectivity index (χ0) is 25.7. The number of hydrogen-bond acceptors (Lipinski definition) is 1. The molecule has 0 heterocycles. The molecule has 3 aromatic rings. The summed E-state index contributed by atoms with van der Waals surface area (Å²) < 4.78 is 69.6. The highest BCUT2D eigenvalue weighted by atomic mass is 19.4. The molecule has 1 aliphatic rings. The lowest BCUT2D eigenvalue weighted by Crippen LogP contribution is -2.17. The molecule has 1 saturated carbocycles. The third kappa shape index (κ3) is 6.57. The smallest absolute Gasteiger partial charge is 0.403 e. The molecule has 0 unspecified atom stereocenters. The Morgan fingerprint density at radius 2 is 1.67 bits per heavy atom. The first-order valence-electron chi connectivity index (χ1n) is 12.5. The van der Waals surface area contributed by atoms with E-state index in [9.17, 15) is 17.6 Å². The Hall–Kier alpha value is -3.07. The summed E-state index contributed by atoms with van der Waals surface area (Å²) in [4.78, 5) is 0. The van der Waals surface area contributed by atoms with E-state index in [4.69, 9.17) is 0 Å². The van der Waals surface area contributed by atoms with Gasteiger partial charge in [-0.2, -0.15) is 0 Å². The van der Waals surface area contributed by atoms with E-state index in [0.29, 0.717) is 11.3 Å². The number of alkyl halides is 3. The molecule has 3 aromatic carbocycles. The molecule has 1 nitrogen and oxygen atoms in total. The van der Waals surface area contributed by atoms with E-state index in [1.54, 1.807) is 12.1 Å². The van der Waals surface area contributed by atoms with Gasteiger partial charge in [-0.15, -0.1) is 13.2 Å². The molecular weight excluding hydrogens is 471 g/mol. The van der Waals surface area contributed by atoms with Crippen molar-refractivity contribution < 1.29 is 26.7 Å². The van der Waals surface area contributed by atoms with Gasteiger partial charge in [-0.1, -0.05) is 68.7 Å². The molecule has 0 aliphatic heterocycles. The zero-order valence-electron chi connectivity index (χ0n) is 20.2. The molecule has 6 heteroatoms. The van der Waals surface area contributed by atoms with Crippen LogP contribution in [0.3, 0.4) is 0 Å². The zero-order valence-corrected chi connectivity index (χ0v) is 20.2. The minimum absolute atomic E-state index is 0.113. The van der Waals surface area contributed by atoms with E-state index in [1.165, 1.54) is 50.2 Å². The summed E-state index contributed by atoms with van der Waals surface area (Å²) in [5.41, 5.74) is 1.49. The van der Waals surface area contributed by atoms with Crippen LogP contribution >= 0.6 is 0 Å². The Balaban J connectivity index is 1.46. The molecule has 4 rings (SSSR count). The molecule has 1 fully saturated rings. The SMILES string of the molecule is CCCCCC1CCC(c2ccc3c(F)c(C#Cc4ccc(OC(F)(F)F)c(F)c4)ccc3c2)CC1. The van der Waals surface area contributed by atoms with Crippen LogP contribution in [0.15, 0.2) is 48.5 Å². The van der Waals surface area contributed by atoms with Crippen LogP contribution < -0.4 is 4.74 Å². The second-order valence-corrected chi connectivity index (χ2v) is 9.56. The van der Waals surface area contributed by atoms with Gasteiger partial charge in [-0.05, 0) is 72.7 Å². The monoisotopic (exact) mass is 500 g/mol. The molecule has 1 aliphatic carbocycles. The lowest BCUT2D eigenvalue weighted by atomic mass is 9.77. The Kier molecular flexibility index (Phi) is 8.18. The Morgan fingerprint density at radius 3 is 2.36 bits per heavy atom. The van der Waals surface area contributed by atoms with Crippen molar-refractivity contribution in [2.45, 2.75) is 70.6 Å². The summed E-state index contributed by atoms with van der Waals surface area (Å²) in [7, 11) is 0. The highest BCUT2D eigenvalue weighted by Gasteiger charge is 2.32. The van der Waals surface area contributed by atoms with Gasteiger partial charge in [-0.25, -0.2) is 8.78 Å². The first-order chi connectivity index (χ1) is 17.2. The molecule has 190 valence electrons. The van der Waals surface area contributed by atoms with Gasteiger partial charge in [0.1, 0.15) is 5.82 Å². The lowest BCUT2D eigenvalue weighted by Gasteiger charge is -2.29. The Morgan fingerprint density at radius 1 is 0.889 bits per heavy atom. The molecule has 0 bridgehead atoms. The first-order valence-corrected chi connectivity index (χ1v) is 12.5. The minimum atomic E-state index is -4.99. The second kappa shape index (κ2) is 11.3. The summed E-state index contributed by atoms with van der Waals surface area (Å²) in [6.45, 7) is 2.23. The van der Waals surface area contributed by atoms with Crippen molar-refractivity contribution in [3.05, 3.63) is 76.9 Å². The molecular formula is C30H29F5O. The average Bonchev–Trinajstić information content (AvgIpc) is 2.85. The number of ether oxygens (including phenoxy) is 1. The van der Waals surface area contributed by atoms with E-state index >= 15 is 4.39 Å². The molecule has 0 aromatic heterocycles. The van der Waals surface area contributed by atoms with Crippen LogP contribution in [-0.4, -0.2) is 6.36 Å². The average molecular weight is 501 g/mol. The molecule has 0 N–H and O–H groups in total. The quantitative estimate of drug-likeness (QED) is 0.186. The second-order valence-electron chi connectivity index (χ2n) is 9.56. The summed E-state index contributed by atoms with van der Waals surface area (Å²) >= 11 is 0. The van der Waals surface area contributed by atoms with Gasteiger partial charge in [0.25, 0.3) is 0 Å². The third-order valence-electron chi connectivity index (χ3n) is 7.01. The van der Waals surface area contributed by atoms with Gasteiger partial charge >= 0.3 is 6.36 Å². The molecule has 0 spiro atoms. The van der Waals surface area contributed by atoms with E-state index in [-0.39, 0.29) is 11.1 Å². The summed E-state index contributed by atoms with van der Waals surface area (Å²) in [5, 5.41) is 1.26. The van der Waals surface area contributed by atoms with E-state index in [1.807, 2.05) is 12.1 Å². The maximum Gasteiger partial charge on any atom is 0.573 e. The van der Waals surface area contributed by atoms with Crippen LogP contribution in [0.25, 0.3) is 10.8 Å². The third-order valence-corrected chi connectivity index (χ3v) is 7.01. The Labute approximate surface area is 208 Å². The van der Waals surface area contributed by atoms with Crippen molar-refractivity contribution in [1.82, 2.24) is 0 Å². The standard InChI is InChI=1S/C30H29F5O/c1-2-3-4-5-20-6-10-22(11-7-20)24-15-16-26-25(19-24)14-13-23(29(26)32)12-8-21-9-17-28(27(31)18-21)36-30(33,34)35/h9,13-20,22H,2-7,10-11H2,1H3. The lowest BCUT2D eigenvalue weighted by molar-refractivity contribution is -0.275. The number of unbranched alkanes of at least 4 members (excludes halogenated alkanes) is 2. The fraction of sp³-hybridized carbons (Fsp3) is 0.400. The summed E-state index contributed by atoms with van der Waals surface area (Å²) in [6.07, 6.45) is 5.04. The summed E-state index contributed by atoms with van der Waals surface area (Å²) in [5.74, 6) is 4.01. The molecule has 0 saturated heterocycles. The van der Waals surface area contributed by atoms with E-state index < -0.39 is 23.7 Å². The molecule has 0 atom stereocenters. The molecule has 36 heavy (non-hydrogen) atoms. The van der Waals surface area contributed by atoms with Crippen LogP contribution in [0, 0.1) is 29.4 Å². The van der Waals surface area contributed by atoms with Crippen LogP contribution in [0.2, 0.25) is 0 Å². The highest BCUT2D eigenvalue weighted by Crippen LogP contribution is 2.39. The van der Waals surface area contributed by atoms with Crippen LogP contribution in [0.5, 0.6) is 5.75 Å². The summed E-state index contributed by atoms with van der Waals surface area (Å²) in [6, 6.07) is 12.1. The van der Waals surface area contributed by atoms with Crippen LogP contribution in [0.4, 0.5) is 22.0 Å². The van der Waals surface area contributed by atoms with Gasteiger partial charge in [0.15, 0.2) is 11.6 Å². The topological polar surface area (TPSA) is 9.23 Å². The van der Waals surface area contributed by atoms with Gasteiger partial charge in [0, 0.05) is 10.9 Å². The maximum atomic E-state index is 15.2. The van der Waals surface area contributed by atoms with Crippen LogP contribution in [-0.2, 0) is 0 Å². The fourth-order valence-electron chi connectivity index (χ4n) is 5.05. The molecule has 0 radical (unpaired) electrons. The van der Waals surface area contributed by atoms with Crippen molar-refractivity contribution in [2.24, 2.45) is 5.92 Å². The van der Waals surface area contributed by atoms with Gasteiger partial charge in [0.05, 0.1) is 5.56 Å². The minimum Gasteiger partial charge on any atom is -0.403 e. The number of halogens is 5. The van der Waals surface area contributed by atoms with E-state index in [2.05, 4.69) is 29.6 Å². The first kappa shape index (κ1) is 26.0. The van der Waals surface area contributed by atoms with Gasteiger partial charge < -0.3 is 4.74 Å². The number of hydrogen-bond donors (Lipinski definition) is 0. The highest BCUT2D eigenvalue weighted by molar-refractivity contribution is 5.85. The predicted octanol–water partition coefficient (Wildman–Crippen LogP) is 9.27. The number of benzene rings is 3. The van der Waals surface area contributed by atoms with Crippen molar-refractivity contribution in [2.75, 3.05) is 0 Å². The van der Waals surface area contributed by atoms with Gasteiger partial charge in [0.2, 0.25) is 0 Å². The van der Waals surface area contributed by atoms with E-state index in [0.717, 1.165) is 36.3 Å². The largest absolute Gasteiger partial charge is 0.573 e. The Bertz CT molecular complexity index is 1260. The maximum absolute atomic E-state index is 15.2. The number of rotatable bonds is 6. The fourth-order valence-corrected chi connectivity index (χ4v) is 5.05. The van der Waals surface area contributed by atoms with Crippen molar-refractivity contribution in [3.63, 3.8) is 0 Å². The van der Waals surface area contributed by atoms with Crippen LogP contribution in [0.1, 0.15) is 80.9 Å². The van der Waals surface area contributed by atoms with Crippen molar-refractivity contribution in [3.8, 4) is 17.6 Å². The van der Waals surface area contributed by atoms with Crippen molar-refractivity contribution >= 4 is 10.8 Å². The van der Waals surface area contributed by atoms with Crippen molar-refractivity contribution in [1.29, 1.82) is 0 Å². The predicted molar refractivity (Wildman–Crippen MR) is 132 cm³/mol.